The zero-order valence-electron chi connectivity index (χ0n) is 15.9. The molecule has 2 bridgehead atoms. The van der Waals surface area contributed by atoms with Crippen LogP contribution in [0.4, 0.5) is 0 Å². The van der Waals surface area contributed by atoms with E-state index in [1.54, 1.807) is 0 Å². The summed E-state index contributed by atoms with van der Waals surface area (Å²) in [6.07, 6.45) is 5.58. The Labute approximate surface area is 171 Å². The molecule has 2 aliphatic heterocycles. The van der Waals surface area contributed by atoms with E-state index in [0.29, 0.717) is 0 Å². The lowest BCUT2D eigenvalue weighted by molar-refractivity contribution is -0.156. The quantitative estimate of drug-likeness (QED) is 0.375. The summed E-state index contributed by atoms with van der Waals surface area (Å²) in [7, 11) is 0. The lowest BCUT2D eigenvalue weighted by Gasteiger charge is -2.53. The summed E-state index contributed by atoms with van der Waals surface area (Å²) in [5.41, 5.74) is 4.48. The molecule has 30 heavy (non-hydrogen) atoms. The third-order valence-corrected chi connectivity index (χ3v) is 8.27. The second-order valence-electron chi connectivity index (χ2n) is 9.27. The molecule has 8 unspecified atom stereocenters. The molecule has 2 saturated heterocycles. The van der Waals surface area contributed by atoms with E-state index in [9.17, 15) is 19.2 Å². The normalized spacial score (nSPS) is 42.3. The molecule has 8 rings (SSSR count). The van der Waals surface area contributed by atoms with Gasteiger partial charge in [-0.2, -0.15) is 0 Å². The Morgan fingerprint density at radius 1 is 0.733 bits per heavy atom. The van der Waals surface area contributed by atoms with Crippen LogP contribution in [0.15, 0.2) is 42.0 Å². The van der Waals surface area contributed by atoms with Gasteiger partial charge in [0.1, 0.15) is 0 Å². The predicted molar refractivity (Wildman–Crippen MR) is 101 cm³/mol. The smallest absolute Gasteiger partial charge is 0.318 e. The van der Waals surface area contributed by atoms with Crippen molar-refractivity contribution in [2.45, 2.75) is 12.8 Å². The number of hydrogen-bond donors (Lipinski definition) is 0. The summed E-state index contributed by atoms with van der Waals surface area (Å²) in [5, 5.41) is 0. The van der Waals surface area contributed by atoms with Crippen LogP contribution in [0, 0.1) is 47.3 Å². The van der Waals surface area contributed by atoms with Crippen LogP contribution in [-0.2, 0) is 35.1 Å². The number of rotatable bonds is 0. The minimum Gasteiger partial charge on any atom is -0.393 e. The van der Waals surface area contributed by atoms with E-state index >= 15 is 0 Å². The molecule has 5 aliphatic carbocycles. The predicted octanol–water partition coefficient (Wildman–Crippen LogP) is 2.08. The fourth-order valence-electron chi connectivity index (χ4n) is 7.34. The van der Waals surface area contributed by atoms with E-state index in [1.165, 1.54) is 5.56 Å². The van der Waals surface area contributed by atoms with Crippen LogP contribution in [-0.4, -0.2) is 23.9 Å². The zero-order valence-corrected chi connectivity index (χ0v) is 15.9. The number of allylic oxidation sites excluding steroid dienone is 4. The topological polar surface area (TPSA) is 86.7 Å². The van der Waals surface area contributed by atoms with Crippen LogP contribution in [0.5, 0.6) is 0 Å². The molecule has 0 amide bonds. The molecule has 0 N–H and O–H groups in total. The van der Waals surface area contributed by atoms with E-state index in [-0.39, 0.29) is 23.7 Å². The van der Waals surface area contributed by atoms with Crippen molar-refractivity contribution in [1.29, 1.82) is 0 Å². The molecular formula is C24H18O6. The van der Waals surface area contributed by atoms with Crippen LogP contribution in [0.1, 0.15) is 17.5 Å². The Hall–Kier alpha value is -3.02. The average molecular weight is 402 g/mol. The molecule has 2 heterocycles. The van der Waals surface area contributed by atoms with Gasteiger partial charge in [-0.3, -0.25) is 19.2 Å². The molecule has 6 heteroatoms. The molecule has 0 spiro atoms. The summed E-state index contributed by atoms with van der Waals surface area (Å²) < 4.78 is 10.2. The van der Waals surface area contributed by atoms with Gasteiger partial charge in [0.15, 0.2) is 0 Å². The van der Waals surface area contributed by atoms with Gasteiger partial charge >= 0.3 is 23.9 Å². The first-order valence-corrected chi connectivity index (χ1v) is 10.6. The maximum absolute atomic E-state index is 12.8. The largest absolute Gasteiger partial charge is 0.393 e. The number of carbonyl (C=O) groups excluding carboxylic acids is 4. The van der Waals surface area contributed by atoms with Crippen molar-refractivity contribution in [3.05, 3.63) is 53.1 Å². The third-order valence-electron chi connectivity index (χ3n) is 8.27. The standard InChI is InChI=1S/C24H18O6/c25-21-17-12-7-8-13(18(17)22(26)29-21)16-15(12)14-10-4-2-1-3-9(10)5-6-11(14)19-20(16)24(28)30-23(19)27/h1-4,7-8,11-13,16-20H,5-6H2. The summed E-state index contributed by atoms with van der Waals surface area (Å²) in [4.78, 5) is 50.7. The lowest BCUT2D eigenvalue weighted by Crippen LogP contribution is -2.53. The highest BCUT2D eigenvalue weighted by molar-refractivity contribution is 6.02. The first kappa shape index (κ1) is 16.7. The highest BCUT2D eigenvalue weighted by atomic mass is 16.6. The van der Waals surface area contributed by atoms with Gasteiger partial charge in [0.25, 0.3) is 0 Å². The third kappa shape index (κ3) is 1.77. The van der Waals surface area contributed by atoms with Gasteiger partial charge in [-0.15, -0.1) is 0 Å². The van der Waals surface area contributed by atoms with Gasteiger partial charge in [-0.25, -0.2) is 0 Å². The highest BCUT2D eigenvalue weighted by Gasteiger charge is 2.67. The number of ether oxygens (including phenoxy) is 2. The van der Waals surface area contributed by atoms with Crippen LogP contribution in [0.2, 0.25) is 0 Å². The van der Waals surface area contributed by atoms with E-state index in [0.717, 1.165) is 29.6 Å². The maximum Gasteiger partial charge on any atom is 0.318 e. The van der Waals surface area contributed by atoms with E-state index in [2.05, 4.69) is 12.1 Å². The summed E-state index contributed by atoms with van der Waals surface area (Å²) in [6.45, 7) is 0. The molecule has 150 valence electrons. The first-order valence-electron chi connectivity index (χ1n) is 10.6. The minimum atomic E-state index is -0.589. The molecule has 7 aliphatic rings. The monoisotopic (exact) mass is 402 g/mol. The van der Waals surface area contributed by atoms with Crippen molar-refractivity contribution >= 4 is 29.5 Å². The molecule has 1 aromatic carbocycles. The number of esters is 4. The van der Waals surface area contributed by atoms with E-state index in [1.807, 2.05) is 24.3 Å². The number of aryl methyl sites for hydroxylation is 1. The summed E-state index contributed by atoms with van der Waals surface area (Å²) in [5.74, 6) is -5.15. The second-order valence-corrected chi connectivity index (χ2v) is 9.27. The first-order chi connectivity index (χ1) is 14.6. The van der Waals surface area contributed by atoms with Gasteiger partial charge in [-0.1, -0.05) is 42.0 Å². The Kier molecular flexibility index (Phi) is 2.99. The fraction of sp³-hybridized carbons (Fsp3) is 0.417. The van der Waals surface area contributed by atoms with Crippen molar-refractivity contribution in [1.82, 2.24) is 0 Å². The Morgan fingerprint density at radius 3 is 2.27 bits per heavy atom. The van der Waals surface area contributed by atoms with Crippen LogP contribution >= 0.6 is 0 Å². The zero-order chi connectivity index (χ0) is 20.3. The van der Waals surface area contributed by atoms with Gasteiger partial charge in [-0.05, 0) is 41.4 Å². The number of hydrogen-bond acceptors (Lipinski definition) is 6. The number of fused-ring (bicyclic) bond motifs is 5. The number of carbonyl (C=O) groups is 4. The van der Waals surface area contributed by atoms with Crippen LogP contribution in [0.3, 0.4) is 0 Å². The van der Waals surface area contributed by atoms with E-state index < -0.39 is 47.5 Å². The molecule has 1 saturated carbocycles. The Morgan fingerprint density at radius 2 is 1.43 bits per heavy atom. The fourth-order valence-corrected chi connectivity index (χ4v) is 7.34. The number of benzene rings is 1. The van der Waals surface area contributed by atoms with Gasteiger partial charge < -0.3 is 9.47 Å². The van der Waals surface area contributed by atoms with Gasteiger partial charge in [0.2, 0.25) is 0 Å². The molecule has 6 nitrogen and oxygen atoms in total. The summed E-state index contributed by atoms with van der Waals surface area (Å²) >= 11 is 0. The van der Waals surface area contributed by atoms with Crippen molar-refractivity contribution in [3.63, 3.8) is 0 Å². The highest BCUT2D eigenvalue weighted by Crippen LogP contribution is 2.65. The van der Waals surface area contributed by atoms with Crippen molar-refractivity contribution in [2.75, 3.05) is 0 Å². The van der Waals surface area contributed by atoms with E-state index in [4.69, 9.17) is 9.47 Å². The molecule has 1 aromatic rings. The average Bonchev–Trinajstić information content (AvgIpc) is 3.24. The van der Waals surface area contributed by atoms with Crippen LogP contribution < -0.4 is 0 Å². The Bertz CT molecular complexity index is 1140. The molecule has 3 fully saturated rings. The molecule has 0 radical (unpaired) electrons. The van der Waals surface area contributed by atoms with Crippen LogP contribution in [0.25, 0.3) is 5.57 Å². The minimum absolute atomic E-state index is 0.102. The van der Waals surface area contributed by atoms with Crippen molar-refractivity contribution in [3.8, 4) is 0 Å². The number of cyclic esters (lactones) is 4. The van der Waals surface area contributed by atoms with Crippen molar-refractivity contribution in [2.24, 2.45) is 47.3 Å². The molecular weight excluding hydrogens is 384 g/mol. The molecule has 8 atom stereocenters. The van der Waals surface area contributed by atoms with Gasteiger partial charge in [0.05, 0.1) is 23.7 Å². The van der Waals surface area contributed by atoms with Gasteiger partial charge in [0, 0.05) is 11.8 Å². The maximum atomic E-state index is 12.8. The Balaban J connectivity index is 1.54. The lowest BCUT2D eigenvalue weighted by atomic mass is 9.47. The molecule has 0 aromatic heterocycles. The second kappa shape index (κ2) is 5.36. The summed E-state index contributed by atoms with van der Waals surface area (Å²) in [6, 6.07) is 8.17. The SMILES string of the molecule is O=C1OC(=O)C2C3C=CC(C4=C5c6ccccc6CCC5C5C(=O)OC(=O)C5C43)C12. The van der Waals surface area contributed by atoms with Crippen molar-refractivity contribution < 1.29 is 28.7 Å².